The van der Waals surface area contributed by atoms with E-state index in [1.807, 2.05) is 41.3 Å². The first kappa shape index (κ1) is 8.40. The van der Waals surface area contributed by atoms with Crippen LogP contribution in [0, 0.1) is 0 Å². The molecule has 0 saturated heterocycles. The third kappa shape index (κ3) is 1.27. The van der Waals surface area contributed by atoms with E-state index in [9.17, 15) is 0 Å². The molecule has 0 fully saturated rings. The summed E-state index contributed by atoms with van der Waals surface area (Å²) >= 11 is 0. The minimum atomic E-state index is 0.840. The molecule has 0 atom stereocenters. The van der Waals surface area contributed by atoms with Gasteiger partial charge in [-0.25, -0.2) is 5.01 Å². The molecular formula is C10H11N5. The van der Waals surface area contributed by atoms with E-state index in [1.54, 1.807) is 0 Å². The second-order valence-electron chi connectivity index (χ2n) is 3.63. The van der Waals surface area contributed by atoms with Crippen molar-refractivity contribution in [1.29, 1.82) is 0 Å². The summed E-state index contributed by atoms with van der Waals surface area (Å²) in [5, 5.41) is 16.5. The van der Waals surface area contributed by atoms with E-state index in [1.165, 1.54) is 0 Å². The minimum Gasteiger partial charge on any atom is -0.296 e. The van der Waals surface area contributed by atoms with Crippen LogP contribution in [0.25, 0.3) is 0 Å². The van der Waals surface area contributed by atoms with Crippen molar-refractivity contribution in [2.75, 3.05) is 20.1 Å². The third-order valence-electron chi connectivity index (χ3n) is 2.55. The second kappa shape index (κ2) is 3.05. The van der Waals surface area contributed by atoms with Crippen molar-refractivity contribution in [2.24, 2.45) is 15.4 Å². The molecule has 0 saturated carbocycles. The van der Waals surface area contributed by atoms with Gasteiger partial charge in [0.2, 0.25) is 0 Å². The van der Waals surface area contributed by atoms with Gasteiger partial charge < -0.3 is 0 Å². The molecule has 1 aromatic rings. The van der Waals surface area contributed by atoms with Gasteiger partial charge in [-0.3, -0.25) is 5.01 Å². The predicted molar refractivity (Wildman–Crippen MR) is 56.8 cm³/mol. The number of benzene rings is 1. The molecule has 0 bridgehead atoms. The Bertz CT molecular complexity index is 451. The minimum absolute atomic E-state index is 0.840. The zero-order valence-electron chi connectivity index (χ0n) is 8.46. The van der Waals surface area contributed by atoms with E-state index in [2.05, 4.69) is 15.4 Å². The Morgan fingerprint density at radius 1 is 1.20 bits per heavy atom. The van der Waals surface area contributed by atoms with E-state index in [4.69, 9.17) is 0 Å². The van der Waals surface area contributed by atoms with E-state index in [-0.39, 0.29) is 0 Å². The smallest absolute Gasteiger partial charge is 0.179 e. The fourth-order valence-electron chi connectivity index (χ4n) is 1.74. The number of hydrazone groups is 1. The summed E-state index contributed by atoms with van der Waals surface area (Å²) in [7, 11) is 1.97. The molecule has 0 aromatic heterocycles. The number of fused-ring (bicyclic) bond motifs is 3. The van der Waals surface area contributed by atoms with Gasteiger partial charge in [-0.05, 0) is 12.1 Å². The summed E-state index contributed by atoms with van der Waals surface area (Å²) in [6, 6.07) is 7.93. The summed E-state index contributed by atoms with van der Waals surface area (Å²) in [6.07, 6.45) is 0. The first-order chi connectivity index (χ1) is 7.34. The average Bonchev–Trinajstić information content (AvgIpc) is 2.29. The van der Waals surface area contributed by atoms with Crippen LogP contribution in [0.1, 0.15) is 5.56 Å². The largest absolute Gasteiger partial charge is 0.296 e. The number of hydrogen-bond acceptors (Lipinski definition) is 5. The lowest BCUT2D eigenvalue weighted by molar-refractivity contribution is 0.257. The van der Waals surface area contributed by atoms with Gasteiger partial charge in [0, 0.05) is 12.6 Å². The van der Waals surface area contributed by atoms with Crippen molar-refractivity contribution < 1.29 is 0 Å². The highest BCUT2D eigenvalue weighted by Gasteiger charge is 2.24. The molecule has 0 amide bonds. The maximum Gasteiger partial charge on any atom is 0.179 e. The monoisotopic (exact) mass is 201 g/mol. The van der Waals surface area contributed by atoms with Crippen LogP contribution >= 0.6 is 0 Å². The van der Waals surface area contributed by atoms with Gasteiger partial charge in [0.15, 0.2) is 5.84 Å². The van der Waals surface area contributed by atoms with Crippen LogP contribution in [-0.4, -0.2) is 36.0 Å². The normalized spacial score (nSPS) is 18.3. The highest BCUT2D eigenvalue weighted by atomic mass is 15.6. The van der Waals surface area contributed by atoms with Crippen molar-refractivity contribution >= 4 is 11.5 Å². The Morgan fingerprint density at radius 2 is 2.07 bits per heavy atom. The fourth-order valence-corrected chi connectivity index (χ4v) is 1.74. The first-order valence-electron chi connectivity index (χ1n) is 4.93. The lowest BCUT2D eigenvalue weighted by Gasteiger charge is -2.30. The molecule has 1 aromatic carbocycles. The number of amidine groups is 1. The molecule has 2 aliphatic heterocycles. The van der Waals surface area contributed by atoms with E-state index < -0.39 is 0 Å². The zero-order chi connectivity index (χ0) is 10.3. The average molecular weight is 201 g/mol. The molecule has 2 aliphatic rings. The van der Waals surface area contributed by atoms with Gasteiger partial charge in [-0.1, -0.05) is 17.4 Å². The first-order valence-corrected chi connectivity index (χ1v) is 4.93. The van der Waals surface area contributed by atoms with Crippen LogP contribution in [0.5, 0.6) is 0 Å². The Kier molecular flexibility index (Phi) is 1.71. The van der Waals surface area contributed by atoms with Crippen molar-refractivity contribution in [3.05, 3.63) is 29.8 Å². The van der Waals surface area contributed by atoms with Gasteiger partial charge >= 0.3 is 0 Å². The Labute approximate surface area is 87.7 Å². The lowest BCUT2D eigenvalue weighted by Crippen LogP contribution is -2.40. The molecular weight excluding hydrogens is 190 g/mol. The second-order valence-corrected chi connectivity index (χ2v) is 3.63. The molecule has 0 unspecified atom stereocenters. The summed E-state index contributed by atoms with van der Waals surface area (Å²) in [5.74, 6) is 0.898. The molecule has 2 heterocycles. The standard InChI is InChI=1S/C10H11N5/c1-14-6-7-15-10(12-14)8-4-2-3-5-9(8)11-13-15/h2-5H,6-7H2,1H3. The third-order valence-corrected chi connectivity index (χ3v) is 2.55. The highest BCUT2D eigenvalue weighted by molar-refractivity contribution is 6.03. The van der Waals surface area contributed by atoms with Crippen molar-refractivity contribution in [1.82, 2.24) is 10.0 Å². The van der Waals surface area contributed by atoms with Crippen LogP contribution < -0.4 is 0 Å². The number of nitrogens with zero attached hydrogens (tertiary/aromatic N) is 5. The fraction of sp³-hybridized carbons (Fsp3) is 0.300. The molecule has 0 aliphatic carbocycles. The highest BCUT2D eigenvalue weighted by Crippen LogP contribution is 2.27. The molecule has 0 radical (unpaired) electrons. The van der Waals surface area contributed by atoms with Gasteiger partial charge in [0.25, 0.3) is 0 Å². The van der Waals surface area contributed by atoms with Crippen LogP contribution in [0.4, 0.5) is 5.69 Å². The molecule has 3 rings (SSSR count). The van der Waals surface area contributed by atoms with Gasteiger partial charge in [0.1, 0.15) is 0 Å². The predicted octanol–water partition coefficient (Wildman–Crippen LogP) is 1.61. The van der Waals surface area contributed by atoms with Crippen molar-refractivity contribution in [3.8, 4) is 0 Å². The maximum absolute atomic E-state index is 4.47. The summed E-state index contributed by atoms with van der Waals surface area (Å²) in [4.78, 5) is 0. The lowest BCUT2D eigenvalue weighted by atomic mass is 10.1. The zero-order valence-corrected chi connectivity index (χ0v) is 8.46. The van der Waals surface area contributed by atoms with Crippen LogP contribution in [-0.2, 0) is 0 Å². The molecule has 0 N–H and O–H groups in total. The number of hydrogen-bond donors (Lipinski definition) is 0. The van der Waals surface area contributed by atoms with Gasteiger partial charge in [-0.2, -0.15) is 5.10 Å². The van der Waals surface area contributed by atoms with Crippen molar-refractivity contribution in [2.45, 2.75) is 0 Å². The van der Waals surface area contributed by atoms with Gasteiger partial charge in [-0.15, -0.1) is 5.11 Å². The summed E-state index contributed by atoms with van der Waals surface area (Å²) in [5.41, 5.74) is 1.95. The Morgan fingerprint density at radius 3 is 3.00 bits per heavy atom. The number of likely N-dealkylation sites (N-methyl/N-ethyl adjacent to an activating group) is 1. The molecule has 76 valence electrons. The summed E-state index contributed by atoms with van der Waals surface area (Å²) in [6.45, 7) is 1.72. The quantitative estimate of drug-likeness (QED) is 0.640. The van der Waals surface area contributed by atoms with Crippen molar-refractivity contribution in [3.63, 3.8) is 0 Å². The molecule has 0 spiro atoms. The van der Waals surface area contributed by atoms with Crippen LogP contribution in [0.15, 0.2) is 39.7 Å². The molecule has 15 heavy (non-hydrogen) atoms. The van der Waals surface area contributed by atoms with Gasteiger partial charge in [0.05, 0.1) is 18.8 Å². The maximum atomic E-state index is 4.47. The molecule has 5 heteroatoms. The van der Waals surface area contributed by atoms with Crippen LogP contribution in [0.3, 0.4) is 0 Å². The Balaban J connectivity index is 2.15. The topological polar surface area (TPSA) is 43.6 Å². The van der Waals surface area contributed by atoms with E-state index >= 15 is 0 Å². The SMILES string of the molecule is CN1CCN2N=Nc3ccccc3C2=N1. The number of rotatable bonds is 0. The van der Waals surface area contributed by atoms with E-state index in [0.717, 1.165) is 30.2 Å². The summed E-state index contributed by atoms with van der Waals surface area (Å²) < 4.78 is 0. The van der Waals surface area contributed by atoms with Crippen LogP contribution in [0.2, 0.25) is 0 Å². The Hall–Kier alpha value is -1.91. The van der Waals surface area contributed by atoms with E-state index in [0.29, 0.717) is 0 Å². The molecule has 5 nitrogen and oxygen atoms in total.